The number of pyridine rings is 1. The molecular formula is C33H38N6O3S. The van der Waals surface area contributed by atoms with Crippen LogP contribution in [0.4, 0.5) is 11.5 Å². The predicted octanol–water partition coefficient (Wildman–Crippen LogP) is 3.75. The number of benzene rings is 2. The molecule has 0 saturated carbocycles. The van der Waals surface area contributed by atoms with Crippen molar-refractivity contribution in [2.24, 2.45) is 5.92 Å². The van der Waals surface area contributed by atoms with Crippen molar-refractivity contribution in [2.45, 2.75) is 44.2 Å². The second kappa shape index (κ2) is 12.5. The second-order valence-electron chi connectivity index (χ2n) is 11.7. The van der Waals surface area contributed by atoms with Gasteiger partial charge in [-0.3, -0.25) is 18.7 Å². The molecule has 9 nitrogen and oxygen atoms in total. The molecule has 1 aliphatic carbocycles. The Morgan fingerprint density at radius 3 is 2.60 bits per heavy atom. The molecule has 3 heterocycles. The van der Waals surface area contributed by atoms with E-state index in [1.165, 1.54) is 0 Å². The molecule has 1 saturated heterocycles. The first-order chi connectivity index (χ1) is 20.9. The van der Waals surface area contributed by atoms with Gasteiger partial charge in [-0.05, 0) is 79.4 Å². The van der Waals surface area contributed by atoms with E-state index in [-0.39, 0.29) is 30.2 Å². The van der Waals surface area contributed by atoms with Crippen LogP contribution in [0.2, 0.25) is 0 Å². The Labute approximate surface area is 256 Å². The Kier molecular flexibility index (Phi) is 8.52. The lowest BCUT2D eigenvalue weighted by atomic mass is 9.79. The van der Waals surface area contributed by atoms with Crippen LogP contribution in [0.1, 0.15) is 40.7 Å². The van der Waals surface area contributed by atoms with Crippen molar-refractivity contribution in [3.63, 3.8) is 0 Å². The van der Waals surface area contributed by atoms with Crippen molar-refractivity contribution in [1.82, 2.24) is 19.5 Å². The molecule has 1 spiro atoms. The van der Waals surface area contributed by atoms with Crippen LogP contribution >= 0.6 is 11.9 Å². The highest BCUT2D eigenvalue weighted by atomic mass is 32.2. The monoisotopic (exact) mass is 598 g/mol. The molecule has 43 heavy (non-hydrogen) atoms. The van der Waals surface area contributed by atoms with Crippen LogP contribution in [-0.2, 0) is 45.7 Å². The summed E-state index contributed by atoms with van der Waals surface area (Å²) < 4.78 is 2.28. The van der Waals surface area contributed by atoms with Crippen LogP contribution in [0.3, 0.4) is 0 Å². The minimum atomic E-state index is -0.662. The summed E-state index contributed by atoms with van der Waals surface area (Å²) in [6.07, 6.45) is 6.48. The maximum absolute atomic E-state index is 13.8. The topological polar surface area (TPSA) is 107 Å². The molecule has 0 radical (unpaired) electrons. The SMILES string of the molecule is CNCc1ccccc1CN(CC(=O)Nc1ccc2c(c1)CC1(C2)C(=O)Nc2ncccc21)C(=O)C1CCN(SC)CC1. The van der Waals surface area contributed by atoms with Gasteiger partial charge in [0.15, 0.2) is 0 Å². The van der Waals surface area contributed by atoms with E-state index in [9.17, 15) is 14.4 Å². The first kappa shape index (κ1) is 29.3. The van der Waals surface area contributed by atoms with Gasteiger partial charge in [0.2, 0.25) is 17.7 Å². The molecule has 6 rings (SSSR count). The zero-order valence-electron chi connectivity index (χ0n) is 24.7. The summed E-state index contributed by atoms with van der Waals surface area (Å²) in [7, 11) is 1.90. The number of amides is 3. The van der Waals surface area contributed by atoms with Gasteiger partial charge in [0.1, 0.15) is 12.4 Å². The maximum atomic E-state index is 13.8. The number of hydrogen-bond acceptors (Lipinski definition) is 7. The van der Waals surface area contributed by atoms with Gasteiger partial charge in [-0.2, -0.15) is 0 Å². The third-order valence-electron chi connectivity index (χ3n) is 9.02. The molecule has 1 fully saturated rings. The number of carbonyl (C=O) groups excluding carboxylic acids is 3. The quantitative estimate of drug-likeness (QED) is 0.322. The van der Waals surface area contributed by atoms with E-state index in [1.807, 2.05) is 55.6 Å². The third kappa shape index (κ3) is 5.91. The Bertz CT molecular complexity index is 1540. The minimum Gasteiger partial charge on any atom is -0.329 e. The van der Waals surface area contributed by atoms with E-state index < -0.39 is 5.41 Å². The van der Waals surface area contributed by atoms with E-state index in [0.29, 0.717) is 37.4 Å². The van der Waals surface area contributed by atoms with Gasteiger partial charge in [0.05, 0.1) is 5.41 Å². The van der Waals surface area contributed by atoms with Gasteiger partial charge in [0.25, 0.3) is 0 Å². The van der Waals surface area contributed by atoms with E-state index >= 15 is 0 Å². The second-order valence-corrected chi connectivity index (χ2v) is 12.6. The molecule has 3 aliphatic rings. The van der Waals surface area contributed by atoms with Crippen molar-refractivity contribution in [1.29, 1.82) is 0 Å². The number of nitrogens with one attached hydrogen (secondary N) is 3. The molecule has 10 heteroatoms. The first-order valence-electron chi connectivity index (χ1n) is 14.9. The zero-order valence-corrected chi connectivity index (χ0v) is 25.5. The average Bonchev–Trinajstić information content (AvgIpc) is 3.54. The molecule has 3 N–H and O–H groups in total. The maximum Gasteiger partial charge on any atom is 0.244 e. The smallest absolute Gasteiger partial charge is 0.244 e. The van der Waals surface area contributed by atoms with Crippen LogP contribution in [0.25, 0.3) is 0 Å². The Morgan fingerprint density at radius 1 is 1.07 bits per heavy atom. The molecule has 2 aliphatic heterocycles. The van der Waals surface area contributed by atoms with Crippen molar-refractivity contribution in [3.05, 3.63) is 88.6 Å². The van der Waals surface area contributed by atoms with Crippen LogP contribution in [0, 0.1) is 5.92 Å². The molecule has 224 valence electrons. The minimum absolute atomic E-state index is 0.0287. The van der Waals surface area contributed by atoms with E-state index in [4.69, 9.17) is 0 Å². The summed E-state index contributed by atoms with van der Waals surface area (Å²) in [5.41, 5.74) is 5.22. The highest BCUT2D eigenvalue weighted by Gasteiger charge is 2.51. The Hall–Kier alpha value is -3.73. The lowest BCUT2D eigenvalue weighted by Crippen LogP contribution is -2.44. The number of hydrogen-bond donors (Lipinski definition) is 3. The number of nitrogens with zero attached hydrogens (tertiary/aromatic N) is 3. The standard InChI is InChI=1S/C33H38N6O3S/c1-34-19-24-6-3-4-7-25(24)20-38(31(41)22-11-14-39(43-2)15-12-22)21-29(40)36-27-10-9-23-17-33(18-26(23)16-27)28-8-5-13-35-30(28)37-32(33)42/h3-10,13,16,22,34H,11-12,14-15,17-21H2,1-2H3,(H,36,40)(H,35,37,42). The van der Waals surface area contributed by atoms with Crippen LogP contribution in [0.5, 0.6) is 0 Å². The predicted molar refractivity (Wildman–Crippen MR) is 169 cm³/mol. The van der Waals surface area contributed by atoms with Gasteiger partial charge < -0.3 is 20.9 Å². The summed E-state index contributed by atoms with van der Waals surface area (Å²) in [6, 6.07) is 17.8. The van der Waals surface area contributed by atoms with Crippen LogP contribution in [0.15, 0.2) is 60.8 Å². The number of anilines is 2. The van der Waals surface area contributed by atoms with Crippen LogP contribution < -0.4 is 16.0 Å². The average molecular weight is 599 g/mol. The third-order valence-corrected chi connectivity index (χ3v) is 9.90. The molecule has 0 bridgehead atoms. The van der Waals surface area contributed by atoms with Gasteiger partial charge in [-0.25, -0.2) is 4.98 Å². The number of fused-ring (bicyclic) bond motifs is 3. The molecule has 2 aromatic carbocycles. The molecule has 1 aromatic heterocycles. The Morgan fingerprint density at radius 2 is 1.84 bits per heavy atom. The number of aromatic nitrogens is 1. The van der Waals surface area contributed by atoms with Gasteiger partial charge in [-0.1, -0.05) is 48.3 Å². The van der Waals surface area contributed by atoms with E-state index in [1.54, 1.807) is 23.0 Å². The van der Waals surface area contributed by atoms with Crippen molar-refractivity contribution >= 4 is 41.2 Å². The zero-order chi connectivity index (χ0) is 30.0. The molecule has 3 amide bonds. The molecular weight excluding hydrogens is 560 g/mol. The Balaban J connectivity index is 1.18. The van der Waals surface area contributed by atoms with Crippen molar-refractivity contribution in [3.8, 4) is 0 Å². The van der Waals surface area contributed by atoms with Gasteiger partial charge in [-0.15, -0.1) is 0 Å². The van der Waals surface area contributed by atoms with Gasteiger partial charge >= 0.3 is 0 Å². The highest BCUT2D eigenvalue weighted by molar-refractivity contribution is 7.96. The summed E-state index contributed by atoms with van der Waals surface area (Å²) in [4.78, 5) is 46.5. The summed E-state index contributed by atoms with van der Waals surface area (Å²) in [6.45, 7) is 2.76. The fourth-order valence-corrected chi connectivity index (χ4v) is 7.33. The van der Waals surface area contributed by atoms with E-state index in [0.717, 1.165) is 53.7 Å². The lowest BCUT2D eigenvalue weighted by molar-refractivity contribution is -0.140. The van der Waals surface area contributed by atoms with Gasteiger partial charge in [0, 0.05) is 49.5 Å². The number of piperidine rings is 1. The summed E-state index contributed by atoms with van der Waals surface area (Å²) >= 11 is 1.71. The fourth-order valence-electron chi connectivity index (χ4n) is 6.75. The number of rotatable bonds is 9. The summed E-state index contributed by atoms with van der Waals surface area (Å²) in [5.74, 6) is 0.305. The fraction of sp³-hybridized carbons (Fsp3) is 0.394. The number of carbonyl (C=O) groups is 3. The summed E-state index contributed by atoms with van der Waals surface area (Å²) in [5, 5.41) is 9.19. The lowest BCUT2D eigenvalue weighted by Gasteiger charge is -2.33. The molecule has 1 unspecified atom stereocenters. The van der Waals surface area contributed by atoms with Crippen molar-refractivity contribution in [2.75, 3.05) is 43.6 Å². The molecule has 1 atom stereocenters. The van der Waals surface area contributed by atoms with Crippen molar-refractivity contribution < 1.29 is 14.4 Å². The molecule has 3 aromatic rings. The highest BCUT2D eigenvalue weighted by Crippen LogP contribution is 2.47. The first-order valence-corrected chi connectivity index (χ1v) is 16.1. The largest absolute Gasteiger partial charge is 0.329 e. The van der Waals surface area contributed by atoms with E-state index in [2.05, 4.69) is 37.6 Å². The van der Waals surface area contributed by atoms with Crippen LogP contribution in [-0.4, -0.2) is 64.8 Å². The normalized spacial score (nSPS) is 19.6.